The van der Waals surface area contributed by atoms with Gasteiger partial charge in [-0.05, 0) is 55.0 Å². The molecule has 0 atom stereocenters. The van der Waals surface area contributed by atoms with Crippen LogP contribution in [0.1, 0.15) is 57.5 Å². The average molecular weight is 406 g/mol. The standard InChI is InChI=1S/C24H26N2O4/c1-29-22(28)16-5-7-17(8-6-16)24(9-10-24)26-21(27)18-3-2-4-19-20(18)25-15-23(19)11-13-30-14-12-23/h2-8,25H,9-15H2,1H3,(H,26,27). The Hall–Kier alpha value is -2.86. The lowest BCUT2D eigenvalue weighted by atomic mass is 9.75. The Bertz CT molecular complexity index is 989. The van der Waals surface area contributed by atoms with Gasteiger partial charge >= 0.3 is 5.97 Å². The number of carbonyl (C=O) groups is 2. The minimum atomic E-state index is -0.358. The average Bonchev–Trinajstić information content (AvgIpc) is 3.50. The molecule has 30 heavy (non-hydrogen) atoms. The van der Waals surface area contributed by atoms with E-state index in [0.717, 1.165) is 56.7 Å². The van der Waals surface area contributed by atoms with E-state index in [1.54, 1.807) is 12.1 Å². The number of methoxy groups -OCH3 is 1. The predicted octanol–water partition coefficient (Wildman–Crippen LogP) is 3.37. The molecule has 2 heterocycles. The molecule has 6 nitrogen and oxygen atoms in total. The van der Waals surface area contributed by atoms with Gasteiger partial charge < -0.3 is 20.1 Å². The molecule has 3 aliphatic rings. The highest BCUT2D eigenvalue weighted by molar-refractivity contribution is 6.01. The predicted molar refractivity (Wildman–Crippen MR) is 113 cm³/mol. The summed E-state index contributed by atoms with van der Waals surface area (Å²) >= 11 is 0. The molecule has 0 unspecified atom stereocenters. The maximum absolute atomic E-state index is 13.3. The van der Waals surface area contributed by atoms with E-state index in [0.29, 0.717) is 11.1 Å². The second-order valence-electron chi connectivity index (χ2n) is 8.58. The highest BCUT2D eigenvalue weighted by Crippen LogP contribution is 2.47. The summed E-state index contributed by atoms with van der Waals surface area (Å²) in [6.45, 7) is 2.39. The highest BCUT2D eigenvalue weighted by Gasteiger charge is 2.47. The fraction of sp³-hybridized carbons (Fsp3) is 0.417. The Morgan fingerprint density at radius 3 is 2.43 bits per heavy atom. The van der Waals surface area contributed by atoms with E-state index < -0.39 is 0 Å². The number of esters is 1. The van der Waals surface area contributed by atoms with Gasteiger partial charge in [0.05, 0.1) is 29.5 Å². The van der Waals surface area contributed by atoms with Gasteiger partial charge in [-0.1, -0.05) is 24.3 Å². The maximum Gasteiger partial charge on any atom is 0.337 e. The monoisotopic (exact) mass is 406 g/mol. The topological polar surface area (TPSA) is 76.7 Å². The summed E-state index contributed by atoms with van der Waals surface area (Å²) in [6.07, 6.45) is 3.74. The third-order valence-electron chi connectivity index (χ3n) is 6.90. The van der Waals surface area contributed by atoms with E-state index in [-0.39, 0.29) is 22.8 Å². The number of rotatable bonds is 4. The van der Waals surface area contributed by atoms with Crippen LogP contribution < -0.4 is 10.6 Å². The summed E-state index contributed by atoms with van der Waals surface area (Å²) < 4.78 is 10.3. The van der Waals surface area contributed by atoms with E-state index in [1.807, 2.05) is 24.3 Å². The summed E-state index contributed by atoms with van der Waals surface area (Å²) in [5.41, 5.74) is 4.15. The van der Waals surface area contributed by atoms with Gasteiger partial charge in [0.1, 0.15) is 0 Å². The van der Waals surface area contributed by atoms with Crippen molar-refractivity contribution < 1.29 is 19.1 Å². The third-order valence-corrected chi connectivity index (χ3v) is 6.90. The number of para-hydroxylation sites is 1. The third kappa shape index (κ3) is 3.06. The first-order valence-electron chi connectivity index (χ1n) is 10.5. The normalized spacial score (nSPS) is 20.2. The van der Waals surface area contributed by atoms with Crippen LogP contribution in [0.3, 0.4) is 0 Å². The number of anilines is 1. The number of nitrogens with one attached hydrogen (secondary N) is 2. The number of ether oxygens (including phenoxy) is 2. The van der Waals surface area contributed by atoms with Crippen LogP contribution in [-0.2, 0) is 20.4 Å². The summed E-state index contributed by atoms with van der Waals surface area (Å²) in [6, 6.07) is 13.4. The van der Waals surface area contributed by atoms with Crippen molar-refractivity contribution in [3.8, 4) is 0 Å². The smallest absolute Gasteiger partial charge is 0.337 e. The van der Waals surface area contributed by atoms with Crippen LogP contribution in [0.5, 0.6) is 0 Å². The van der Waals surface area contributed by atoms with Gasteiger partial charge in [-0.15, -0.1) is 0 Å². The van der Waals surface area contributed by atoms with Crippen molar-refractivity contribution in [3.05, 3.63) is 64.7 Å². The molecule has 1 saturated heterocycles. The molecular formula is C24H26N2O4. The quantitative estimate of drug-likeness (QED) is 0.762. The lowest BCUT2D eigenvalue weighted by Crippen LogP contribution is -2.35. The second kappa shape index (κ2) is 7.13. The fourth-order valence-electron chi connectivity index (χ4n) is 4.87. The minimum absolute atomic E-state index is 0.0574. The van der Waals surface area contributed by atoms with E-state index in [4.69, 9.17) is 9.47 Å². The van der Waals surface area contributed by atoms with E-state index in [1.165, 1.54) is 12.7 Å². The Labute approximate surface area is 176 Å². The van der Waals surface area contributed by atoms with Crippen molar-refractivity contribution in [3.63, 3.8) is 0 Å². The maximum atomic E-state index is 13.3. The van der Waals surface area contributed by atoms with Crippen molar-refractivity contribution in [1.29, 1.82) is 0 Å². The Kier molecular flexibility index (Phi) is 4.54. The molecule has 0 bridgehead atoms. The Balaban J connectivity index is 1.38. The van der Waals surface area contributed by atoms with Gasteiger partial charge in [-0.2, -0.15) is 0 Å². The minimum Gasteiger partial charge on any atom is -0.465 e. The molecule has 2 fully saturated rings. The Morgan fingerprint density at radius 2 is 1.77 bits per heavy atom. The van der Waals surface area contributed by atoms with Crippen molar-refractivity contribution in [1.82, 2.24) is 5.32 Å². The van der Waals surface area contributed by atoms with Crippen LogP contribution in [0.2, 0.25) is 0 Å². The first kappa shape index (κ1) is 19.1. The fourth-order valence-corrected chi connectivity index (χ4v) is 4.87. The molecule has 1 amide bonds. The summed E-state index contributed by atoms with van der Waals surface area (Å²) in [4.78, 5) is 25.0. The molecule has 2 aliphatic heterocycles. The lowest BCUT2D eigenvalue weighted by Gasteiger charge is -2.33. The molecule has 2 aromatic carbocycles. The number of benzene rings is 2. The number of hydrogen-bond acceptors (Lipinski definition) is 5. The zero-order chi connectivity index (χ0) is 20.8. The first-order valence-corrected chi connectivity index (χ1v) is 10.5. The second-order valence-corrected chi connectivity index (χ2v) is 8.58. The first-order chi connectivity index (χ1) is 14.6. The van der Waals surface area contributed by atoms with Crippen molar-refractivity contribution >= 4 is 17.6 Å². The van der Waals surface area contributed by atoms with E-state index in [2.05, 4.69) is 16.7 Å². The van der Waals surface area contributed by atoms with Gasteiger partial charge in [0.15, 0.2) is 0 Å². The number of fused-ring (bicyclic) bond motifs is 2. The van der Waals surface area contributed by atoms with Gasteiger partial charge in [0, 0.05) is 25.2 Å². The molecule has 0 radical (unpaired) electrons. The molecular weight excluding hydrogens is 380 g/mol. The molecule has 1 spiro atoms. The van der Waals surface area contributed by atoms with Crippen LogP contribution in [0.4, 0.5) is 5.69 Å². The SMILES string of the molecule is COC(=O)c1ccc(C2(NC(=O)c3cccc4c3NCC43CCOCC3)CC2)cc1. The number of amides is 1. The van der Waals surface area contributed by atoms with Crippen LogP contribution in [0.15, 0.2) is 42.5 Å². The van der Waals surface area contributed by atoms with Crippen molar-refractivity contribution in [2.24, 2.45) is 0 Å². The van der Waals surface area contributed by atoms with Gasteiger partial charge in [-0.25, -0.2) is 4.79 Å². The number of hydrogen-bond donors (Lipinski definition) is 2. The van der Waals surface area contributed by atoms with Crippen LogP contribution in [0.25, 0.3) is 0 Å². The van der Waals surface area contributed by atoms with Crippen LogP contribution in [0, 0.1) is 0 Å². The molecule has 5 rings (SSSR count). The highest BCUT2D eigenvalue weighted by atomic mass is 16.5. The van der Waals surface area contributed by atoms with Gasteiger partial charge in [0.25, 0.3) is 5.91 Å². The van der Waals surface area contributed by atoms with E-state index >= 15 is 0 Å². The summed E-state index contributed by atoms with van der Waals surface area (Å²) in [7, 11) is 1.37. The molecule has 1 saturated carbocycles. The Morgan fingerprint density at radius 1 is 1.03 bits per heavy atom. The van der Waals surface area contributed by atoms with Crippen LogP contribution in [-0.4, -0.2) is 38.7 Å². The molecule has 6 heteroatoms. The molecule has 1 aliphatic carbocycles. The largest absolute Gasteiger partial charge is 0.465 e. The molecule has 156 valence electrons. The molecule has 2 aromatic rings. The van der Waals surface area contributed by atoms with Gasteiger partial charge in [0.2, 0.25) is 0 Å². The van der Waals surface area contributed by atoms with Crippen molar-refractivity contribution in [2.45, 2.75) is 36.6 Å². The van der Waals surface area contributed by atoms with Gasteiger partial charge in [-0.3, -0.25) is 4.79 Å². The zero-order valence-electron chi connectivity index (χ0n) is 17.1. The summed E-state index contributed by atoms with van der Waals surface area (Å²) in [5, 5.41) is 6.78. The number of carbonyl (C=O) groups excluding carboxylic acids is 2. The van der Waals surface area contributed by atoms with Crippen molar-refractivity contribution in [2.75, 3.05) is 32.2 Å². The summed E-state index contributed by atoms with van der Waals surface area (Å²) in [5.74, 6) is -0.415. The van der Waals surface area contributed by atoms with E-state index in [9.17, 15) is 9.59 Å². The molecule has 0 aromatic heterocycles. The molecule has 2 N–H and O–H groups in total. The van der Waals surface area contributed by atoms with Crippen LogP contribution >= 0.6 is 0 Å². The zero-order valence-corrected chi connectivity index (χ0v) is 17.1. The lowest BCUT2D eigenvalue weighted by molar-refractivity contribution is 0.0567.